The second-order valence-corrected chi connectivity index (χ2v) is 7.10. The second-order valence-electron chi connectivity index (χ2n) is 6.31. The Labute approximate surface area is 173 Å². The summed E-state index contributed by atoms with van der Waals surface area (Å²) < 4.78 is 3.73. The first-order chi connectivity index (χ1) is 12.6. The Hall–Kier alpha value is -1.64. The molecule has 1 aliphatic heterocycles. The minimum atomic E-state index is 0. The van der Waals surface area contributed by atoms with Crippen LogP contribution in [-0.2, 0) is 13.6 Å². The van der Waals surface area contributed by atoms with Crippen molar-refractivity contribution in [3.05, 3.63) is 58.4 Å². The summed E-state index contributed by atoms with van der Waals surface area (Å²) >= 11 is 12.4. The maximum atomic E-state index is 6.29. The zero-order chi connectivity index (χ0) is 18.1. The minimum absolute atomic E-state index is 0. The topological polar surface area (TPSA) is 63.8 Å². The number of nitrogens with one attached hydrogen (secondary N) is 1. The maximum Gasteiger partial charge on any atom is 0.127 e. The van der Waals surface area contributed by atoms with Crippen molar-refractivity contribution in [1.29, 1.82) is 0 Å². The molecule has 1 unspecified atom stereocenters. The number of hydrogen-bond donors (Lipinski definition) is 1. The van der Waals surface area contributed by atoms with Gasteiger partial charge in [-0.2, -0.15) is 0 Å². The molecule has 10 heteroatoms. The van der Waals surface area contributed by atoms with Crippen molar-refractivity contribution >= 4 is 35.6 Å². The quantitative estimate of drug-likeness (QED) is 0.692. The lowest BCUT2D eigenvalue weighted by Crippen LogP contribution is -2.46. The van der Waals surface area contributed by atoms with Crippen molar-refractivity contribution in [3.63, 3.8) is 0 Å². The second kappa shape index (κ2) is 8.58. The van der Waals surface area contributed by atoms with Crippen molar-refractivity contribution in [3.8, 4) is 5.69 Å². The van der Waals surface area contributed by atoms with E-state index in [4.69, 9.17) is 23.2 Å². The van der Waals surface area contributed by atoms with Crippen LogP contribution in [0.2, 0.25) is 10.0 Å². The van der Waals surface area contributed by atoms with Crippen LogP contribution < -0.4 is 5.32 Å². The fraction of sp³-hybridized carbons (Fsp3) is 0.353. The summed E-state index contributed by atoms with van der Waals surface area (Å²) in [6, 6.07) is 5.67. The third-order valence-corrected chi connectivity index (χ3v) is 5.40. The van der Waals surface area contributed by atoms with Crippen LogP contribution in [-0.4, -0.2) is 49.1 Å². The standard InChI is InChI=1S/C17H19Cl2N7.ClH/c1-24-7-6-21-17(24)15-9-20-5-8-25(15)10-12-11-26(23-22-12)14-4-2-3-13(18)16(14)19;/h2-4,6-7,11,15,20H,5,8-10H2,1H3;1H. The Morgan fingerprint density at radius 2 is 2.15 bits per heavy atom. The third-order valence-electron chi connectivity index (χ3n) is 4.59. The van der Waals surface area contributed by atoms with Crippen LogP contribution in [0.4, 0.5) is 0 Å². The van der Waals surface area contributed by atoms with E-state index in [0.717, 1.165) is 36.8 Å². The lowest BCUT2D eigenvalue weighted by Gasteiger charge is -2.35. The van der Waals surface area contributed by atoms with Gasteiger partial charge in [-0.3, -0.25) is 4.90 Å². The van der Waals surface area contributed by atoms with Gasteiger partial charge < -0.3 is 9.88 Å². The van der Waals surface area contributed by atoms with Crippen LogP contribution >= 0.6 is 35.6 Å². The molecule has 3 heterocycles. The Bertz CT molecular complexity index is 908. The summed E-state index contributed by atoms with van der Waals surface area (Å²) in [5.74, 6) is 1.04. The monoisotopic (exact) mass is 427 g/mol. The largest absolute Gasteiger partial charge is 0.337 e. The molecule has 4 rings (SSSR count). The molecular formula is C17H20Cl3N7. The van der Waals surface area contributed by atoms with Crippen LogP contribution in [0.15, 0.2) is 36.8 Å². The molecule has 27 heavy (non-hydrogen) atoms. The molecule has 1 atom stereocenters. The molecule has 0 amide bonds. The molecule has 0 radical (unpaired) electrons. The Morgan fingerprint density at radius 3 is 2.93 bits per heavy atom. The molecule has 144 valence electrons. The van der Waals surface area contributed by atoms with Gasteiger partial charge >= 0.3 is 0 Å². The van der Waals surface area contributed by atoms with Gasteiger partial charge in [0.25, 0.3) is 0 Å². The zero-order valence-corrected chi connectivity index (χ0v) is 17.0. The first-order valence-corrected chi connectivity index (χ1v) is 9.16. The van der Waals surface area contributed by atoms with Gasteiger partial charge in [-0.05, 0) is 12.1 Å². The number of aromatic nitrogens is 5. The molecule has 1 saturated heterocycles. The van der Waals surface area contributed by atoms with Gasteiger partial charge in [0.15, 0.2) is 0 Å². The van der Waals surface area contributed by atoms with Gasteiger partial charge in [-0.1, -0.05) is 34.5 Å². The number of aryl methyl sites for hydroxylation is 1. The molecule has 1 aromatic carbocycles. The molecule has 1 N–H and O–H groups in total. The number of nitrogens with zero attached hydrogens (tertiary/aromatic N) is 6. The van der Waals surface area contributed by atoms with Crippen molar-refractivity contribution in [2.24, 2.45) is 7.05 Å². The van der Waals surface area contributed by atoms with E-state index in [9.17, 15) is 0 Å². The van der Waals surface area contributed by atoms with Crippen LogP contribution in [0, 0.1) is 0 Å². The van der Waals surface area contributed by atoms with E-state index in [1.165, 1.54) is 0 Å². The van der Waals surface area contributed by atoms with E-state index in [2.05, 4.69) is 30.1 Å². The van der Waals surface area contributed by atoms with Gasteiger partial charge in [0.05, 0.1) is 33.7 Å². The molecule has 3 aromatic rings. The zero-order valence-electron chi connectivity index (χ0n) is 14.7. The predicted octanol–water partition coefficient (Wildman–Crippen LogP) is 2.88. The summed E-state index contributed by atoms with van der Waals surface area (Å²) in [5, 5.41) is 12.9. The van der Waals surface area contributed by atoms with Gasteiger partial charge in [0, 0.05) is 45.6 Å². The molecule has 0 spiro atoms. The van der Waals surface area contributed by atoms with Crippen LogP contribution in [0.25, 0.3) is 5.69 Å². The molecule has 1 aliphatic rings. The smallest absolute Gasteiger partial charge is 0.127 e. The summed E-state index contributed by atoms with van der Waals surface area (Å²) in [4.78, 5) is 6.88. The van der Waals surface area contributed by atoms with Crippen LogP contribution in [0.1, 0.15) is 17.6 Å². The lowest BCUT2D eigenvalue weighted by molar-refractivity contribution is 0.143. The Balaban J connectivity index is 0.00000210. The van der Waals surface area contributed by atoms with Crippen molar-refractivity contribution in [1.82, 2.24) is 34.8 Å². The highest BCUT2D eigenvalue weighted by Crippen LogP contribution is 2.28. The molecule has 1 fully saturated rings. The van der Waals surface area contributed by atoms with Gasteiger partial charge in [-0.15, -0.1) is 17.5 Å². The van der Waals surface area contributed by atoms with Crippen LogP contribution in [0.3, 0.4) is 0 Å². The highest BCUT2D eigenvalue weighted by Gasteiger charge is 2.27. The SMILES string of the molecule is Cl.Cn1ccnc1C1CNCCN1Cc1cn(-c2cccc(Cl)c2Cl)nn1. The average Bonchev–Trinajstić information content (AvgIpc) is 3.27. The van der Waals surface area contributed by atoms with Crippen molar-refractivity contribution in [2.75, 3.05) is 19.6 Å². The normalized spacial score (nSPS) is 17.7. The number of benzene rings is 1. The molecule has 2 aromatic heterocycles. The van der Waals surface area contributed by atoms with Crippen LogP contribution in [0.5, 0.6) is 0 Å². The van der Waals surface area contributed by atoms with E-state index >= 15 is 0 Å². The fourth-order valence-corrected chi connectivity index (χ4v) is 3.64. The molecule has 7 nitrogen and oxygen atoms in total. The van der Waals surface area contributed by atoms with Gasteiger partial charge in [0.2, 0.25) is 0 Å². The number of imidazole rings is 1. The number of rotatable bonds is 4. The van der Waals surface area contributed by atoms with E-state index in [1.807, 2.05) is 37.8 Å². The highest BCUT2D eigenvalue weighted by atomic mass is 35.5. The molecule has 0 bridgehead atoms. The van der Waals surface area contributed by atoms with Crippen molar-refractivity contribution < 1.29 is 0 Å². The summed E-state index contributed by atoms with van der Waals surface area (Å²) in [6.45, 7) is 3.41. The summed E-state index contributed by atoms with van der Waals surface area (Å²) in [5.41, 5.74) is 1.60. The lowest BCUT2D eigenvalue weighted by atomic mass is 10.1. The molecular weight excluding hydrogens is 409 g/mol. The average molecular weight is 429 g/mol. The number of halogens is 3. The fourth-order valence-electron chi connectivity index (χ4n) is 3.25. The summed E-state index contributed by atoms with van der Waals surface area (Å²) in [7, 11) is 2.02. The third kappa shape index (κ3) is 4.12. The Morgan fingerprint density at radius 1 is 1.30 bits per heavy atom. The summed E-state index contributed by atoms with van der Waals surface area (Å²) in [6.07, 6.45) is 5.70. The van der Waals surface area contributed by atoms with E-state index in [-0.39, 0.29) is 18.4 Å². The highest BCUT2D eigenvalue weighted by molar-refractivity contribution is 6.43. The molecule has 0 aliphatic carbocycles. The van der Waals surface area contributed by atoms with E-state index in [1.54, 1.807) is 10.7 Å². The minimum Gasteiger partial charge on any atom is -0.337 e. The van der Waals surface area contributed by atoms with E-state index < -0.39 is 0 Å². The maximum absolute atomic E-state index is 6.29. The van der Waals surface area contributed by atoms with Gasteiger partial charge in [-0.25, -0.2) is 9.67 Å². The first-order valence-electron chi connectivity index (χ1n) is 8.41. The molecule has 0 saturated carbocycles. The van der Waals surface area contributed by atoms with E-state index in [0.29, 0.717) is 16.6 Å². The predicted molar refractivity (Wildman–Crippen MR) is 108 cm³/mol. The van der Waals surface area contributed by atoms with Gasteiger partial charge in [0.1, 0.15) is 5.82 Å². The Kier molecular flexibility index (Phi) is 6.39. The number of piperazine rings is 1. The van der Waals surface area contributed by atoms with Crippen molar-refractivity contribution in [2.45, 2.75) is 12.6 Å². The first kappa shape index (κ1) is 20.1. The number of hydrogen-bond acceptors (Lipinski definition) is 5.